The number of nitro benzene ring substituents is 1. The molecule has 0 aliphatic heterocycles. The van der Waals surface area contributed by atoms with Gasteiger partial charge in [0.15, 0.2) is 0 Å². The van der Waals surface area contributed by atoms with Crippen molar-refractivity contribution in [2.75, 3.05) is 0 Å². The molecule has 0 N–H and O–H groups in total. The minimum absolute atomic E-state index is 0.0600. The maximum absolute atomic E-state index is 10.7. The second-order valence-corrected chi connectivity index (χ2v) is 4.44. The van der Waals surface area contributed by atoms with E-state index < -0.39 is 4.92 Å². The first-order valence-electron chi connectivity index (χ1n) is 6.00. The molecule has 5 heteroatoms. The lowest BCUT2D eigenvalue weighted by Gasteiger charge is -2.08. The van der Waals surface area contributed by atoms with Crippen LogP contribution < -0.4 is 4.74 Å². The summed E-state index contributed by atoms with van der Waals surface area (Å²) in [5, 5.41) is 10.7. The van der Waals surface area contributed by atoms with Gasteiger partial charge in [-0.2, -0.15) is 0 Å². The standard InChI is InChI=1S/C15H13NO4/c1-10-7-13(4-3-12(10)9-17)20-14-5-6-15(16(18)19)11(2)8-14/h3-9H,1-2H3. The van der Waals surface area contributed by atoms with Gasteiger partial charge < -0.3 is 4.74 Å². The second kappa shape index (κ2) is 5.52. The largest absolute Gasteiger partial charge is 0.457 e. The third kappa shape index (κ3) is 2.83. The number of nitrogens with zero attached hydrogens (tertiary/aromatic N) is 1. The lowest BCUT2D eigenvalue weighted by atomic mass is 10.1. The van der Waals surface area contributed by atoms with Crippen LogP contribution in [0.25, 0.3) is 0 Å². The van der Waals surface area contributed by atoms with Crippen molar-refractivity contribution in [2.24, 2.45) is 0 Å². The van der Waals surface area contributed by atoms with E-state index in [1.165, 1.54) is 6.07 Å². The Balaban J connectivity index is 2.26. The first-order chi connectivity index (χ1) is 9.51. The van der Waals surface area contributed by atoms with Crippen LogP contribution >= 0.6 is 0 Å². The zero-order chi connectivity index (χ0) is 14.7. The van der Waals surface area contributed by atoms with E-state index in [0.717, 1.165) is 11.8 Å². The van der Waals surface area contributed by atoms with Crippen LogP contribution in [0.1, 0.15) is 21.5 Å². The smallest absolute Gasteiger partial charge is 0.272 e. The maximum atomic E-state index is 10.7. The van der Waals surface area contributed by atoms with Gasteiger partial charge in [0, 0.05) is 17.2 Å². The third-order valence-corrected chi connectivity index (χ3v) is 2.97. The fraction of sp³-hybridized carbons (Fsp3) is 0.133. The fourth-order valence-corrected chi connectivity index (χ4v) is 1.88. The number of benzene rings is 2. The highest BCUT2D eigenvalue weighted by Crippen LogP contribution is 2.27. The van der Waals surface area contributed by atoms with Gasteiger partial charge in [0.25, 0.3) is 5.69 Å². The summed E-state index contributed by atoms with van der Waals surface area (Å²) in [6.45, 7) is 3.48. The van der Waals surface area contributed by atoms with E-state index in [9.17, 15) is 14.9 Å². The Kier molecular flexibility index (Phi) is 3.79. The van der Waals surface area contributed by atoms with E-state index in [4.69, 9.17) is 4.74 Å². The number of hydrogen-bond acceptors (Lipinski definition) is 4. The van der Waals surface area contributed by atoms with Gasteiger partial charge in [0.1, 0.15) is 17.8 Å². The number of carbonyl (C=O) groups is 1. The Hall–Kier alpha value is -2.69. The number of rotatable bonds is 4. The summed E-state index contributed by atoms with van der Waals surface area (Å²) in [6, 6.07) is 9.69. The zero-order valence-corrected chi connectivity index (χ0v) is 11.1. The predicted molar refractivity (Wildman–Crippen MR) is 74.5 cm³/mol. The number of aryl methyl sites for hydroxylation is 2. The quantitative estimate of drug-likeness (QED) is 0.481. The molecule has 0 spiro atoms. The number of hydrogen-bond donors (Lipinski definition) is 0. The molecule has 0 saturated heterocycles. The van der Waals surface area contributed by atoms with Crippen molar-refractivity contribution in [2.45, 2.75) is 13.8 Å². The molecule has 0 aromatic heterocycles. The van der Waals surface area contributed by atoms with Crippen LogP contribution in [-0.2, 0) is 0 Å². The van der Waals surface area contributed by atoms with Crippen molar-refractivity contribution in [3.8, 4) is 11.5 Å². The summed E-state index contributed by atoms with van der Waals surface area (Å²) in [5.41, 5.74) is 2.02. The monoisotopic (exact) mass is 271 g/mol. The van der Waals surface area contributed by atoms with Gasteiger partial charge in [0.05, 0.1) is 4.92 Å². The minimum atomic E-state index is -0.428. The lowest BCUT2D eigenvalue weighted by Crippen LogP contribution is -1.93. The SMILES string of the molecule is Cc1cc(Oc2ccc([N+](=O)[O-])c(C)c2)ccc1C=O. The molecule has 0 aliphatic carbocycles. The van der Waals surface area contributed by atoms with Crippen molar-refractivity contribution in [1.82, 2.24) is 0 Å². The normalized spacial score (nSPS) is 10.1. The highest BCUT2D eigenvalue weighted by Gasteiger charge is 2.11. The molecule has 102 valence electrons. The van der Waals surface area contributed by atoms with Gasteiger partial charge in [-0.25, -0.2) is 0 Å². The number of carbonyl (C=O) groups excluding carboxylic acids is 1. The Bertz CT molecular complexity index is 680. The van der Waals surface area contributed by atoms with Crippen molar-refractivity contribution >= 4 is 12.0 Å². The van der Waals surface area contributed by atoms with Gasteiger partial charge in [-0.3, -0.25) is 14.9 Å². The topological polar surface area (TPSA) is 69.4 Å². The summed E-state index contributed by atoms with van der Waals surface area (Å²) in [4.78, 5) is 21.0. The van der Waals surface area contributed by atoms with Crippen molar-refractivity contribution in [3.05, 3.63) is 63.2 Å². The molecule has 0 saturated carbocycles. The van der Waals surface area contributed by atoms with Gasteiger partial charge >= 0.3 is 0 Å². The number of nitro groups is 1. The fourth-order valence-electron chi connectivity index (χ4n) is 1.88. The molecule has 0 aliphatic rings. The predicted octanol–water partition coefficient (Wildman–Crippen LogP) is 3.82. The first kappa shape index (κ1) is 13.7. The summed E-state index contributed by atoms with van der Waals surface area (Å²) in [7, 11) is 0. The van der Waals surface area contributed by atoms with Crippen LogP contribution in [0, 0.1) is 24.0 Å². The first-order valence-corrected chi connectivity index (χ1v) is 6.00. The molecule has 0 heterocycles. The molecule has 20 heavy (non-hydrogen) atoms. The average Bonchev–Trinajstić information content (AvgIpc) is 2.38. The Morgan fingerprint density at radius 3 is 2.15 bits per heavy atom. The molecule has 2 aromatic carbocycles. The van der Waals surface area contributed by atoms with E-state index in [0.29, 0.717) is 22.6 Å². The molecule has 0 atom stereocenters. The third-order valence-electron chi connectivity index (χ3n) is 2.97. The molecule has 0 radical (unpaired) electrons. The Labute approximate surface area is 116 Å². The summed E-state index contributed by atoms with van der Waals surface area (Å²) < 4.78 is 5.64. The summed E-state index contributed by atoms with van der Waals surface area (Å²) in [5.74, 6) is 1.10. The molecule has 0 amide bonds. The van der Waals surface area contributed by atoms with Crippen molar-refractivity contribution in [3.63, 3.8) is 0 Å². The minimum Gasteiger partial charge on any atom is -0.457 e. The molecular weight excluding hydrogens is 258 g/mol. The van der Waals surface area contributed by atoms with Crippen molar-refractivity contribution < 1.29 is 14.5 Å². The van der Waals surface area contributed by atoms with Crippen LogP contribution in [0.5, 0.6) is 11.5 Å². The van der Waals surface area contributed by atoms with Crippen molar-refractivity contribution in [1.29, 1.82) is 0 Å². The van der Waals surface area contributed by atoms with Gasteiger partial charge in [-0.1, -0.05) is 0 Å². The van der Waals surface area contributed by atoms with E-state index in [1.54, 1.807) is 37.3 Å². The van der Waals surface area contributed by atoms with Crippen LogP contribution in [-0.4, -0.2) is 11.2 Å². The summed E-state index contributed by atoms with van der Waals surface area (Å²) >= 11 is 0. The van der Waals surface area contributed by atoms with Gasteiger partial charge in [-0.15, -0.1) is 0 Å². The van der Waals surface area contributed by atoms with E-state index >= 15 is 0 Å². The van der Waals surface area contributed by atoms with E-state index in [2.05, 4.69) is 0 Å². The lowest BCUT2D eigenvalue weighted by molar-refractivity contribution is -0.385. The van der Waals surface area contributed by atoms with Crippen LogP contribution in [0.3, 0.4) is 0 Å². The molecule has 2 aromatic rings. The molecule has 2 rings (SSSR count). The second-order valence-electron chi connectivity index (χ2n) is 4.44. The molecular formula is C15H13NO4. The molecule has 0 bridgehead atoms. The summed E-state index contributed by atoms with van der Waals surface area (Å²) in [6.07, 6.45) is 0.787. The highest BCUT2D eigenvalue weighted by molar-refractivity contribution is 5.77. The zero-order valence-electron chi connectivity index (χ0n) is 11.1. The maximum Gasteiger partial charge on any atom is 0.272 e. The van der Waals surface area contributed by atoms with Crippen LogP contribution in [0.4, 0.5) is 5.69 Å². The Morgan fingerprint density at radius 2 is 1.65 bits per heavy atom. The van der Waals surface area contributed by atoms with Crippen LogP contribution in [0.15, 0.2) is 36.4 Å². The molecule has 0 unspecified atom stereocenters. The number of aldehydes is 1. The Morgan fingerprint density at radius 1 is 1.05 bits per heavy atom. The highest BCUT2D eigenvalue weighted by atomic mass is 16.6. The average molecular weight is 271 g/mol. The van der Waals surface area contributed by atoms with Crippen LogP contribution in [0.2, 0.25) is 0 Å². The van der Waals surface area contributed by atoms with Gasteiger partial charge in [0.2, 0.25) is 0 Å². The number of ether oxygens (including phenoxy) is 1. The van der Waals surface area contributed by atoms with E-state index in [1.807, 2.05) is 6.92 Å². The van der Waals surface area contributed by atoms with Gasteiger partial charge in [-0.05, 0) is 49.7 Å². The van der Waals surface area contributed by atoms with E-state index in [-0.39, 0.29) is 5.69 Å². The molecule has 5 nitrogen and oxygen atoms in total. The molecule has 0 fully saturated rings.